The Kier molecular flexibility index (Phi) is 2.31. The van der Waals surface area contributed by atoms with Crippen LogP contribution < -0.4 is 0 Å². The van der Waals surface area contributed by atoms with E-state index in [1.54, 1.807) is 6.07 Å². The number of nitrogens with zero attached hydrogens (tertiary/aromatic N) is 1. The van der Waals surface area contributed by atoms with Gasteiger partial charge < -0.3 is 5.21 Å². The van der Waals surface area contributed by atoms with Crippen LogP contribution in [0.4, 0.5) is 0 Å². The summed E-state index contributed by atoms with van der Waals surface area (Å²) in [5, 5.41) is 11.7. The van der Waals surface area contributed by atoms with Gasteiger partial charge in [-0.25, -0.2) is 0 Å². The lowest BCUT2D eigenvalue weighted by Gasteiger charge is -2.01. The minimum absolute atomic E-state index is 0.138. The Hall–Kier alpha value is -1.64. The van der Waals surface area contributed by atoms with E-state index < -0.39 is 0 Å². The molecule has 0 bridgehead atoms. The molecule has 1 aromatic carbocycles. The lowest BCUT2D eigenvalue weighted by atomic mass is 10.0. The number of ketones is 1. The van der Waals surface area contributed by atoms with Crippen molar-refractivity contribution in [3.05, 3.63) is 35.4 Å². The van der Waals surface area contributed by atoms with Gasteiger partial charge in [0, 0.05) is 5.56 Å². The fraction of sp³-hybridized carbons (Fsp3) is 0.273. The van der Waals surface area contributed by atoms with Crippen molar-refractivity contribution in [2.75, 3.05) is 0 Å². The highest BCUT2D eigenvalue weighted by Crippen LogP contribution is 2.18. The molecule has 14 heavy (non-hydrogen) atoms. The second-order valence-corrected chi connectivity index (χ2v) is 3.39. The molecule has 0 saturated carbocycles. The molecule has 3 nitrogen and oxygen atoms in total. The molecule has 1 aromatic rings. The van der Waals surface area contributed by atoms with E-state index in [-0.39, 0.29) is 11.5 Å². The lowest BCUT2D eigenvalue weighted by molar-refractivity contribution is 0.106. The van der Waals surface area contributed by atoms with Crippen molar-refractivity contribution >= 4 is 11.5 Å². The van der Waals surface area contributed by atoms with Crippen LogP contribution in [-0.4, -0.2) is 16.7 Å². The second kappa shape index (κ2) is 3.62. The quantitative estimate of drug-likeness (QED) is 0.385. The van der Waals surface area contributed by atoms with E-state index in [1.807, 2.05) is 18.2 Å². The number of aryl methyl sites for hydroxylation is 1. The number of hydrogen-bond acceptors (Lipinski definition) is 3. The maximum absolute atomic E-state index is 11.8. The van der Waals surface area contributed by atoms with Crippen LogP contribution in [0.2, 0.25) is 0 Å². The summed E-state index contributed by atoms with van der Waals surface area (Å²) in [6, 6.07) is 7.49. The Labute approximate surface area is 82.1 Å². The van der Waals surface area contributed by atoms with Crippen molar-refractivity contribution in [3.8, 4) is 0 Å². The van der Waals surface area contributed by atoms with Crippen LogP contribution in [0.3, 0.4) is 0 Å². The molecule has 2 rings (SSSR count). The van der Waals surface area contributed by atoms with Gasteiger partial charge >= 0.3 is 0 Å². The highest BCUT2D eigenvalue weighted by Gasteiger charge is 2.20. The first-order valence-electron chi connectivity index (χ1n) is 4.66. The SMILES string of the molecule is O=C1C(=NO)CCCc2ccccc21. The summed E-state index contributed by atoms with van der Waals surface area (Å²) in [4.78, 5) is 11.8. The van der Waals surface area contributed by atoms with E-state index in [4.69, 9.17) is 5.21 Å². The smallest absolute Gasteiger partial charge is 0.210 e. The van der Waals surface area contributed by atoms with Gasteiger partial charge in [-0.1, -0.05) is 29.4 Å². The van der Waals surface area contributed by atoms with Crippen molar-refractivity contribution in [3.63, 3.8) is 0 Å². The summed E-state index contributed by atoms with van der Waals surface area (Å²) in [7, 11) is 0. The fourth-order valence-electron chi connectivity index (χ4n) is 1.77. The highest BCUT2D eigenvalue weighted by molar-refractivity contribution is 6.46. The first-order valence-corrected chi connectivity index (χ1v) is 4.66. The Balaban J connectivity index is 2.50. The third-order valence-electron chi connectivity index (χ3n) is 2.50. The van der Waals surface area contributed by atoms with Gasteiger partial charge in [-0.05, 0) is 24.8 Å². The number of Topliss-reactive ketones (excluding diaryl/α,β-unsaturated/α-hetero) is 1. The van der Waals surface area contributed by atoms with Gasteiger partial charge in [0.25, 0.3) is 0 Å². The Morgan fingerprint density at radius 2 is 2.00 bits per heavy atom. The van der Waals surface area contributed by atoms with Crippen LogP contribution in [0.5, 0.6) is 0 Å². The summed E-state index contributed by atoms with van der Waals surface area (Å²) in [5.74, 6) is -0.138. The molecule has 1 aliphatic rings. The molecule has 0 heterocycles. The highest BCUT2D eigenvalue weighted by atomic mass is 16.4. The van der Waals surface area contributed by atoms with Crippen molar-refractivity contribution in [1.29, 1.82) is 0 Å². The molecule has 0 atom stereocenters. The zero-order chi connectivity index (χ0) is 9.97. The molecule has 1 N–H and O–H groups in total. The Bertz CT molecular complexity index is 396. The number of fused-ring (bicyclic) bond motifs is 1. The molecule has 0 amide bonds. The minimum Gasteiger partial charge on any atom is -0.411 e. The average Bonchev–Trinajstić information content (AvgIpc) is 2.39. The van der Waals surface area contributed by atoms with Crippen LogP contribution in [0, 0.1) is 0 Å². The second-order valence-electron chi connectivity index (χ2n) is 3.39. The molecule has 0 aliphatic heterocycles. The van der Waals surface area contributed by atoms with Gasteiger partial charge in [0.2, 0.25) is 5.78 Å². The zero-order valence-corrected chi connectivity index (χ0v) is 7.73. The predicted octanol–water partition coefficient (Wildman–Crippen LogP) is 2.04. The van der Waals surface area contributed by atoms with Gasteiger partial charge in [-0.15, -0.1) is 0 Å². The maximum atomic E-state index is 11.8. The van der Waals surface area contributed by atoms with Gasteiger partial charge in [0.05, 0.1) is 0 Å². The number of carbonyl (C=O) groups excluding carboxylic acids is 1. The number of carbonyl (C=O) groups is 1. The third-order valence-corrected chi connectivity index (χ3v) is 2.50. The van der Waals surface area contributed by atoms with E-state index in [9.17, 15) is 4.79 Å². The molecular formula is C11H11NO2. The van der Waals surface area contributed by atoms with E-state index in [0.29, 0.717) is 12.0 Å². The molecule has 0 aromatic heterocycles. The molecule has 72 valence electrons. The molecule has 1 aliphatic carbocycles. The van der Waals surface area contributed by atoms with Crippen molar-refractivity contribution in [2.45, 2.75) is 19.3 Å². The fourth-order valence-corrected chi connectivity index (χ4v) is 1.77. The number of hydrogen-bond donors (Lipinski definition) is 1. The predicted molar refractivity (Wildman–Crippen MR) is 52.9 cm³/mol. The zero-order valence-electron chi connectivity index (χ0n) is 7.73. The van der Waals surface area contributed by atoms with E-state index >= 15 is 0 Å². The van der Waals surface area contributed by atoms with Crippen molar-refractivity contribution in [1.82, 2.24) is 0 Å². The summed E-state index contributed by atoms with van der Waals surface area (Å²) in [6.45, 7) is 0. The average molecular weight is 189 g/mol. The van der Waals surface area contributed by atoms with Crippen LogP contribution in [0.15, 0.2) is 29.4 Å². The monoisotopic (exact) mass is 189 g/mol. The summed E-state index contributed by atoms with van der Waals surface area (Å²) < 4.78 is 0. The maximum Gasteiger partial charge on any atom is 0.210 e. The number of benzene rings is 1. The van der Waals surface area contributed by atoms with Crippen molar-refractivity contribution in [2.24, 2.45) is 5.16 Å². The molecule has 0 spiro atoms. The molecule has 0 radical (unpaired) electrons. The van der Waals surface area contributed by atoms with E-state index in [1.165, 1.54) is 0 Å². The van der Waals surface area contributed by atoms with Crippen LogP contribution in [0.1, 0.15) is 28.8 Å². The van der Waals surface area contributed by atoms with Gasteiger partial charge in [0.1, 0.15) is 5.71 Å². The van der Waals surface area contributed by atoms with Gasteiger partial charge in [-0.3, -0.25) is 4.79 Å². The van der Waals surface area contributed by atoms with Crippen LogP contribution in [-0.2, 0) is 6.42 Å². The molecule has 0 unspecified atom stereocenters. The number of oxime groups is 1. The van der Waals surface area contributed by atoms with Gasteiger partial charge in [-0.2, -0.15) is 0 Å². The third kappa shape index (κ3) is 1.41. The molecule has 0 fully saturated rings. The first kappa shape index (κ1) is 8.94. The molecule has 3 heteroatoms. The largest absolute Gasteiger partial charge is 0.411 e. The summed E-state index contributed by atoms with van der Waals surface area (Å²) >= 11 is 0. The first-order chi connectivity index (χ1) is 6.83. The molecular weight excluding hydrogens is 178 g/mol. The van der Waals surface area contributed by atoms with Crippen LogP contribution >= 0.6 is 0 Å². The van der Waals surface area contributed by atoms with E-state index in [0.717, 1.165) is 18.4 Å². The Morgan fingerprint density at radius 3 is 2.79 bits per heavy atom. The summed E-state index contributed by atoms with van der Waals surface area (Å²) in [5.41, 5.74) is 2.00. The minimum atomic E-state index is -0.138. The number of rotatable bonds is 0. The van der Waals surface area contributed by atoms with Crippen molar-refractivity contribution < 1.29 is 10.0 Å². The van der Waals surface area contributed by atoms with Crippen LogP contribution in [0.25, 0.3) is 0 Å². The standard InChI is InChI=1S/C11H11NO2/c13-11-9-6-2-1-4-8(9)5-3-7-10(11)12-14/h1-2,4,6,14H,3,5,7H2. The normalized spacial score (nSPS) is 19.1. The summed E-state index contributed by atoms with van der Waals surface area (Å²) in [6.07, 6.45) is 2.30. The Morgan fingerprint density at radius 1 is 1.21 bits per heavy atom. The lowest BCUT2D eigenvalue weighted by Crippen LogP contribution is -2.13. The van der Waals surface area contributed by atoms with Gasteiger partial charge in [0.15, 0.2) is 0 Å². The topological polar surface area (TPSA) is 49.7 Å². The molecule has 0 saturated heterocycles. The van der Waals surface area contributed by atoms with E-state index in [2.05, 4.69) is 5.16 Å².